The van der Waals surface area contributed by atoms with Gasteiger partial charge in [0.05, 0.1) is 11.1 Å². The first kappa shape index (κ1) is 20.9. The third-order valence-corrected chi connectivity index (χ3v) is 6.03. The minimum atomic E-state index is -4.61. The van der Waals surface area contributed by atoms with Crippen molar-refractivity contribution < 1.29 is 23.1 Å². The number of rotatable bonds is 3. The fraction of sp³-hybridized carbons (Fsp3) is 0.115. The summed E-state index contributed by atoms with van der Waals surface area (Å²) in [6.07, 6.45) is -3.15. The van der Waals surface area contributed by atoms with E-state index in [1.54, 1.807) is 19.1 Å². The summed E-state index contributed by atoms with van der Waals surface area (Å²) in [6.45, 7) is 1.79. The lowest BCUT2D eigenvalue weighted by Crippen LogP contribution is -2.19. The lowest BCUT2D eigenvalue weighted by Gasteiger charge is -2.24. The largest absolute Gasteiger partial charge is 0.507 e. The zero-order valence-electron chi connectivity index (χ0n) is 17.5. The molecular formula is C26H19F3N2O2. The average Bonchev–Trinajstić information content (AvgIpc) is 3.01. The van der Waals surface area contributed by atoms with Gasteiger partial charge in [0, 0.05) is 40.0 Å². The van der Waals surface area contributed by atoms with E-state index in [-0.39, 0.29) is 22.4 Å². The summed E-state index contributed by atoms with van der Waals surface area (Å²) in [4.78, 5) is 16.9. The van der Waals surface area contributed by atoms with Gasteiger partial charge in [0.25, 0.3) is 0 Å². The van der Waals surface area contributed by atoms with E-state index in [1.807, 2.05) is 18.2 Å². The zero-order chi connectivity index (χ0) is 23.3. The lowest BCUT2D eigenvalue weighted by atomic mass is 9.79. The molecule has 166 valence electrons. The highest BCUT2D eigenvalue weighted by Gasteiger charge is 2.40. The molecule has 0 radical (unpaired) electrons. The van der Waals surface area contributed by atoms with Crippen LogP contribution in [0.2, 0.25) is 0 Å². The Kier molecular flexibility index (Phi) is 4.78. The van der Waals surface area contributed by atoms with Crippen molar-refractivity contribution in [2.24, 2.45) is 0 Å². The molecule has 1 aliphatic rings. The topological polar surface area (TPSA) is 65.1 Å². The van der Waals surface area contributed by atoms with E-state index in [0.717, 1.165) is 17.0 Å². The smallest absolute Gasteiger partial charge is 0.416 e. The molecule has 0 amide bonds. The summed E-state index contributed by atoms with van der Waals surface area (Å²) in [6, 6.07) is 16.8. The molecule has 4 aromatic rings. The van der Waals surface area contributed by atoms with Crippen LogP contribution in [-0.4, -0.2) is 15.9 Å². The summed E-state index contributed by atoms with van der Waals surface area (Å²) < 4.78 is 42.2. The summed E-state index contributed by atoms with van der Waals surface area (Å²) in [7, 11) is 0. The normalized spacial score (nSPS) is 15.6. The maximum Gasteiger partial charge on any atom is 0.416 e. The highest BCUT2D eigenvalue weighted by atomic mass is 19.4. The number of carbonyl (C=O) groups excluding carboxylic acids is 1. The summed E-state index contributed by atoms with van der Waals surface area (Å²) in [5.41, 5.74) is 2.00. The first-order chi connectivity index (χ1) is 15.8. The molecule has 0 aliphatic carbocycles. The second-order valence-electron chi connectivity index (χ2n) is 8.00. The van der Waals surface area contributed by atoms with Crippen molar-refractivity contribution in [2.45, 2.75) is 19.0 Å². The number of benzene rings is 3. The zero-order valence-corrected chi connectivity index (χ0v) is 17.5. The van der Waals surface area contributed by atoms with Gasteiger partial charge in [0.1, 0.15) is 5.75 Å². The summed E-state index contributed by atoms with van der Waals surface area (Å²) in [5.74, 6) is -1.80. The SMILES string of the molecule is Cc1[nH]c2cccc3c2c1C(c1ccccc1C(F)(F)F)C(C(=O)c1ccccc1O)=CN3. The van der Waals surface area contributed by atoms with Crippen LogP contribution in [0.4, 0.5) is 18.9 Å². The molecule has 3 aromatic carbocycles. The van der Waals surface area contributed by atoms with Gasteiger partial charge in [0.2, 0.25) is 0 Å². The molecule has 1 aliphatic heterocycles. The molecule has 3 N–H and O–H groups in total. The lowest BCUT2D eigenvalue weighted by molar-refractivity contribution is -0.138. The monoisotopic (exact) mass is 448 g/mol. The minimum Gasteiger partial charge on any atom is -0.507 e. The van der Waals surface area contributed by atoms with Crippen LogP contribution in [0, 0.1) is 6.92 Å². The fourth-order valence-corrected chi connectivity index (χ4v) is 4.63. The molecule has 0 spiro atoms. The molecule has 2 heterocycles. The van der Waals surface area contributed by atoms with E-state index < -0.39 is 23.4 Å². The van der Waals surface area contributed by atoms with E-state index in [0.29, 0.717) is 16.9 Å². The van der Waals surface area contributed by atoms with Crippen molar-refractivity contribution in [3.8, 4) is 5.75 Å². The predicted molar refractivity (Wildman–Crippen MR) is 120 cm³/mol. The number of hydrogen-bond donors (Lipinski definition) is 3. The van der Waals surface area contributed by atoms with Crippen molar-refractivity contribution in [2.75, 3.05) is 5.32 Å². The van der Waals surface area contributed by atoms with Crippen molar-refractivity contribution in [3.05, 3.63) is 106 Å². The number of H-pyrrole nitrogens is 1. The second kappa shape index (κ2) is 7.55. The number of aromatic nitrogens is 1. The highest BCUT2D eigenvalue weighted by Crippen LogP contribution is 2.47. The van der Waals surface area contributed by atoms with Crippen LogP contribution in [0.3, 0.4) is 0 Å². The average molecular weight is 448 g/mol. The van der Waals surface area contributed by atoms with E-state index in [2.05, 4.69) is 10.3 Å². The number of alkyl halides is 3. The van der Waals surface area contributed by atoms with Gasteiger partial charge in [-0.3, -0.25) is 4.79 Å². The third-order valence-electron chi connectivity index (χ3n) is 6.03. The van der Waals surface area contributed by atoms with Crippen LogP contribution in [0.1, 0.15) is 38.7 Å². The Morgan fingerprint density at radius 3 is 2.45 bits per heavy atom. The standard InChI is InChI=1S/C26H19F3N2O2/c1-14-22-23(15-7-2-4-9-18(15)26(27,28)29)17(25(33)16-8-3-5-12-21(16)32)13-30-19-10-6-11-20(31-14)24(19)22/h2-13,23,30-32H,1H3. The van der Waals surface area contributed by atoms with E-state index in [9.17, 15) is 23.1 Å². The Hall–Kier alpha value is -4.00. The number of aromatic hydroxyl groups is 1. The summed E-state index contributed by atoms with van der Waals surface area (Å²) >= 11 is 0. The molecule has 5 rings (SSSR count). The first-order valence-corrected chi connectivity index (χ1v) is 10.3. The van der Waals surface area contributed by atoms with Gasteiger partial charge in [-0.1, -0.05) is 36.4 Å². The van der Waals surface area contributed by atoms with E-state index in [4.69, 9.17) is 0 Å². The Labute approximate surface area is 187 Å². The van der Waals surface area contributed by atoms with Gasteiger partial charge in [-0.05, 0) is 48.4 Å². The number of carbonyl (C=O) groups is 1. The third kappa shape index (κ3) is 3.36. The molecule has 1 aromatic heterocycles. The first-order valence-electron chi connectivity index (χ1n) is 10.3. The number of hydrogen-bond acceptors (Lipinski definition) is 3. The Bertz CT molecular complexity index is 1430. The van der Waals surface area contributed by atoms with E-state index in [1.165, 1.54) is 36.5 Å². The number of aromatic amines is 1. The molecule has 1 atom stereocenters. The van der Waals surface area contributed by atoms with Gasteiger partial charge < -0.3 is 15.4 Å². The van der Waals surface area contributed by atoms with Crippen molar-refractivity contribution in [1.29, 1.82) is 0 Å². The van der Waals surface area contributed by atoms with Gasteiger partial charge in [-0.15, -0.1) is 0 Å². The highest BCUT2D eigenvalue weighted by molar-refractivity contribution is 6.13. The number of phenolic OH excluding ortho intramolecular Hbond substituents is 1. The van der Waals surface area contributed by atoms with Gasteiger partial charge in [0.15, 0.2) is 5.78 Å². The summed E-state index contributed by atoms with van der Waals surface area (Å²) in [5, 5.41) is 14.2. The Morgan fingerprint density at radius 2 is 1.70 bits per heavy atom. The molecular weight excluding hydrogens is 429 g/mol. The van der Waals surface area contributed by atoms with Gasteiger partial charge in [-0.25, -0.2) is 0 Å². The van der Waals surface area contributed by atoms with Crippen LogP contribution >= 0.6 is 0 Å². The molecule has 0 bridgehead atoms. The van der Waals surface area contributed by atoms with Crippen LogP contribution in [0.25, 0.3) is 10.9 Å². The molecule has 0 saturated heterocycles. The van der Waals surface area contributed by atoms with Crippen molar-refractivity contribution in [3.63, 3.8) is 0 Å². The number of nitrogens with one attached hydrogen (secondary N) is 2. The van der Waals surface area contributed by atoms with Crippen molar-refractivity contribution >= 4 is 22.4 Å². The minimum absolute atomic E-state index is 0.0235. The number of anilines is 1. The van der Waals surface area contributed by atoms with Crippen molar-refractivity contribution in [1.82, 2.24) is 4.98 Å². The Morgan fingerprint density at radius 1 is 0.970 bits per heavy atom. The molecule has 33 heavy (non-hydrogen) atoms. The number of para-hydroxylation sites is 1. The molecule has 7 heteroatoms. The molecule has 0 saturated carbocycles. The Balaban J connectivity index is 1.84. The number of allylic oxidation sites excluding steroid dienone is 1. The van der Waals surface area contributed by atoms with Gasteiger partial charge >= 0.3 is 6.18 Å². The van der Waals surface area contributed by atoms with Crippen LogP contribution < -0.4 is 5.32 Å². The quantitative estimate of drug-likeness (QED) is 0.313. The van der Waals surface area contributed by atoms with Crippen LogP contribution in [0.5, 0.6) is 5.75 Å². The van der Waals surface area contributed by atoms with E-state index >= 15 is 0 Å². The maximum atomic E-state index is 14.1. The number of Topliss-reactive ketones (excluding diaryl/α,β-unsaturated/α-hetero) is 1. The molecule has 4 nitrogen and oxygen atoms in total. The van der Waals surface area contributed by atoms with Crippen LogP contribution in [-0.2, 0) is 6.18 Å². The van der Waals surface area contributed by atoms with Crippen LogP contribution in [0.15, 0.2) is 78.5 Å². The second-order valence-corrected chi connectivity index (χ2v) is 8.00. The number of phenols is 1. The van der Waals surface area contributed by atoms with Gasteiger partial charge in [-0.2, -0.15) is 13.2 Å². The molecule has 1 unspecified atom stereocenters. The molecule has 0 fully saturated rings. The number of ketones is 1. The number of aryl methyl sites for hydroxylation is 1. The maximum absolute atomic E-state index is 14.1. The fourth-order valence-electron chi connectivity index (χ4n) is 4.63. The predicted octanol–water partition coefficient (Wildman–Crippen LogP) is 6.52. The number of halogens is 3.